The van der Waals surface area contributed by atoms with Crippen LogP contribution in [0, 0.1) is 0 Å². The van der Waals surface area contributed by atoms with Crippen molar-refractivity contribution >= 4 is 40.3 Å². The van der Waals surface area contributed by atoms with Crippen molar-refractivity contribution in [2.24, 2.45) is 5.73 Å². The SMILES string of the molecule is Cl.Cl.NCCc1cc(O)c(O)c(S(=O)(=O)c2ccc(N)cc2)c1. The van der Waals surface area contributed by atoms with Gasteiger partial charge in [-0.15, -0.1) is 24.8 Å². The quantitative estimate of drug-likeness (QED) is 0.473. The van der Waals surface area contributed by atoms with E-state index < -0.39 is 21.3 Å². The molecule has 0 heterocycles. The summed E-state index contributed by atoms with van der Waals surface area (Å²) in [4.78, 5) is -0.369. The smallest absolute Gasteiger partial charge is 0.210 e. The molecule has 9 heteroatoms. The van der Waals surface area contributed by atoms with Crippen molar-refractivity contribution in [3.8, 4) is 11.5 Å². The maximum absolute atomic E-state index is 12.5. The highest BCUT2D eigenvalue weighted by Gasteiger charge is 2.24. The molecule has 0 spiro atoms. The molecule has 0 amide bonds. The third-order valence-electron chi connectivity index (χ3n) is 3.03. The first-order valence-corrected chi connectivity index (χ1v) is 7.70. The lowest BCUT2D eigenvalue weighted by molar-refractivity contribution is 0.392. The van der Waals surface area contributed by atoms with E-state index in [4.69, 9.17) is 11.5 Å². The van der Waals surface area contributed by atoms with Crippen LogP contribution in [0.4, 0.5) is 5.69 Å². The summed E-state index contributed by atoms with van der Waals surface area (Å²) in [7, 11) is -3.96. The number of hydrogen-bond acceptors (Lipinski definition) is 6. The highest BCUT2D eigenvalue weighted by atomic mass is 35.5. The largest absolute Gasteiger partial charge is 0.504 e. The Kier molecular flexibility index (Phi) is 7.66. The third-order valence-corrected chi connectivity index (χ3v) is 4.81. The Morgan fingerprint density at radius 3 is 2.09 bits per heavy atom. The number of rotatable bonds is 4. The molecular formula is C14H18Cl2N2O4S. The van der Waals surface area contributed by atoms with Crippen LogP contribution in [-0.4, -0.2) is 25.2 Å². The third kappa shape index (κ3) is 4.42. The lowest BCUT2D eigenvalue weighted by Crippen LogP contribution is -2.06. The molecule has 0 aromatic heterocycles. The highest BCUT2D eigenvalue weighted by molar-refractivity contribution is 7.91. The first kappa shape index (κ1) is 21.3. The first-order valence-electron chi connectivity index (χ1n) is 6.22. The summed E-state index contributed by atoms with van der Waals surface area (Å²) >= 11 is 0. The number of aromatic hydroxyl groups is 2. The van der Waals surface area contributed by atoms with Crippen molar-refractivity contribution in [1.82, 2.24) is 0 Å². The first-order chi connectivity index (χ1) is 9.86. The average Bonchev–Trinajstić information content (AvgIpc) is 2.43. The van der Waals surface area contributed by atoms with Gasteiger partial charge in [0, 0.05) is 5.69 Å². The molecule has 0 fully saturated rings. The van der Waals surface area contributed by atoms with Gasteiger partial charge < -0.3 is 21.7 Å². The van der Waals surface area contributed by atoms with Crippen LogP contribution in [0.5, 0.6) is 11.5 Å². The maximum atomic E-state index is 12.5. The molecule has 23 heavy (non-hydrogen) atoms. The van der Waals surface area contributed by atoms with Crippen molar-refractivity contribution in [3.05, 3.63) is 42.0 Å². The van der Waals surface area contributed by atoms with Gasteiger partial charge in [0.1, 0.15) is 4.90 Å². The molecule has 0 atom stereocenters. The van der Waals surface area contributed by atoms with Crippen molar-refractivity contribution in [3.63, 3.8) is 0 Å². The van der Waals surface area contributed by atoms with Gasteiger partial charge in [-0.3, -0.25) is 0 Å². The average molecular weight is 381 g/mol. The standard InChI is InChI=1S/C14H16N2O4S.2ClH/c15-6-5-9-7-12(17)14(18)13(8-9)21(19,20)11-3-1-10(16)2-4-11;;/h1-4,7-8,17-18H,5-6,15-16H2;2*1H. The second kappa shape index (κ2) is 8.26. The Hall–Kier alpha value is -1.67. The van der Waals surface area contributed by atoms with E-state index in [2.05, 4.69) is 0 Å². The molecule has 0 saturated heterocycles. The molecule has 2 aromatic rings. The zero-order valence-corrected chi connectivity index (χ0v) is 14.4. The van der Waals surface area contributed by atoms with Gasteiger partial charge >= 0.3 is 0 Å². The van der Waals surface area contributed by atoms with Crippen LogP contribution in [0.1, 0.15) is 5.56 Å². The number of phenolic OH excluding ortho intramolecular Hbond substituents is 2. The molecule has 6 nitrogen and oxygen atoms in total. The Balaban J connectivity index is 0.00000242. The van der Waals surface area contributed by atoms with Crippen LogP contribution in [-0.2, 0) is 16.3 Å². The van der Waals surface area contributed by atoms with Crippen molar-refractivity contribution in [2.45, 2.75) is 16.2 Å². The van der Waals surface area contributed by atoms with Crippen LogP contribution in [0.3, 0.4) is 0 Å². The monoisotopic (exact) mass is 380 g/mol. The van der Waals surface area contributed by atoms with Crippen LogP contribution in [0.25, 0.3) is 0 Å². The molecule has 6 N–H and O–H groups in total. The molecule has 0 radical (unpaired) electrons. The maximum Gasteiger partial charge on any atom is 0.210 e. The Bertz CT molecular complexity index is 765. The van der Waals surface area contributed by atoms with Gasteiger partial charge in [0.05, 0.1) is 4.90 Å². The predicted molar refractivity (Wildman–Crippen MR) is 93.3 cm³/mol. The van der Waals surface area contributed by atoms with Gasteiger partial charge in [-0.2, -0.15) is 0 Å². The molecule has 0 aliphatic carbocycles. The minimum Gasteiger partial charge on any atom is -0.504 e. The molecule has 0 saturated carbocycles. The van der Waals surface area contributed by atoms with Crippen molar-refractivity contribution < 1.29 is 18.6 Å². The summed E-state index contributed by atoms with van der Waals surface area (Å²) in [5, 5.41) is 19.5. The van der Waals surface area contributed by atoms with E-state index in [0.29, 0.717) is 24.2 Å². The molecule has 2 rings (SSSR count). The number of halogens is 2. The topological polar surface area (TPSA) is 127 Å². The summed E-state index contributed by atoms with van der Waals surface area (Å²) in [6, 6.07) is 8.20. The number of sulfone groups is 1. The van der Waals surface area contributed by atoms with E-state index in [-0.39, 0.29) is 34.6 Å². The zero-order chi connectivity index (χ0) is 15.6. The molecule has 0 bridgehead atoms. The minimum atomic E-state index is -3.96. The Morgan fingerprint density at radius 1 is 1.00 bits per heavy atom. The molecule has 0 aliphatic heterocycles. The minimum absolute atomic E-state index is 0. The lowest BCUT2D eigenvalue weighted by atomic mass is 10.1. The highest BCUT2D eigenvalue weighted by Crippen LogP contribution is 2.36. The van der Waals surface area contributed by atoms with E-state index in [1.54, 1.807) is 0 Å². The van der Waals surface area contributed by atoms with Crippen molar-refractivity contribution in [1.29, 1.82) is 0 Å². The van der Waals surface area contributed by atoms with E-state index in [9.17, 15) is 18.6 Å². The molecule has 2 aromatic carbocycles. The van der Waals surface area contributed by atoms with Gasteiger partial charge in [0.25, 0.3) is 0 Å². The fourth-order valence-corrected chi connectivity index (χ4v) is 3.35. The van der Waals surface area contributed by atoms with Crippen LogP contribution < -0.4 is 11.5 Å². The normalized spacial score (nSPS) is 10.5. The van der Waals surface area contributed by atoms with Gasteiger partial charge in [-0.05, 0) is 54.9 Å². The second-order valence-electron chi connectivity index (χ2n) is 4.57. The van der Waals surface area contributed by atoms with E-state index in [0.717, 1.165) is 0 Å². The summed E-state index contributed by atoms with van der Waals surface area (Å²) < 4.78 is 25.1. The van der Waals surface area contributed by atoms with Crippen LogP contribution in [0.2, 0.25) is 0 Å². The molecular weight excluding hydrogens is 363 g/mol. The Labute approximate surface area is 146 Å². The number of anilines is 1. The number of phenols is 2. The molecule has 128 valence electrons. The number of nitrogens with two attached hydrogens (primary N) is 2. The van der Waals surface area contributed by atoms with Crippen molar-refractivity contribution in [2.75, 3.05) is 12.3 Å². The zero-order valence-electron chi connectivity index (χ0n) is 12.0. The number of hydrogen-bond donors (Lipinski definition) is 4. The fourth-order valence-electron chi connectivity index (χ4n) is 1.94. The lowest BCUT2D eigenvalue weighted by Gasteiger charge is -2.11. The van der Waals surface area contributed by atoms with E-state index >= 15 is 0 Å². The second-order valence-corrected chi connectivity index (χ2v) is 6.49. The van der Waals surface area contributed by atoms with Gasteiger partial charge in [0.15, 0.2) is 11.5 Å². The summed E-state index contributed by atoms with van der Waals surface area (Å²) in [6.45, 7) is 0.297. The number of nitrogen functional groups attached to an aromatic ring is 1. The van der Waals surface area contributed by atoms with E-state index in [1.807, 2.05) is 0 Å². The molecule has 0 unspecified atom stereocenters. The van der Waals surface area contributed by atoms with Gasteiger partial charge in [-0.1, -0.05) is 0 Å². The van der Waals surface area contributed by atoms with Crippen LogP contribution in [0.15, 0.2) is 46.2 Å². The summed E-state index contributed by atoms with van der Waals surface area (Å²) in [5.74, 6) is -1.16. The predicted octanol–water partition coefficient (Wildman–Crippen LogP) is 1.86. The number of benzene rings is 2. The Morgan fingerprint density at radius 2 is 1.57 bits per heavy atom. The van der Waals surface area contributed by atoms with Crippen LogP contribution >= 0.6 is 24.8 Å². The van der Waals surface area contributed by atoms with Gasteiger partial charge in [-0.25, -0.2) is 8.42 Å². The van der Waals surface area contributed by atoms with Gasteiger partial charge in [0.2, 0.25) is 9.84 Å². The fraction of sp³-hybridized carbons (Fsp3) is 0.143. The molecule has 0 aliphatic rings. The summed E-state index contributed by atoms with van der Waals surface area (Å²) in [5.41, 5.74) is 11.9. The van der Waals surface area contributed by atoms with E-state index in [1.165, 1.54) is 36.4 Å². The summed E-state index contributed by atoms with van der Waals surface area (Å²) in [6.07, 6.45) is 0.387.